The Bertz CT molecular complexity index is 404. The van der Waals surface area contributed by atoms with Gasteiger partial charge in [0.15, 0.2) is 0 Å². The van der Waals surface area contributed by atoms with E-state index in [1.807, 2.05) is 6.92 Å². The van der Waals surface area contributed by atoms with Gasteiger partial charge in [-0.3, -0.25) is 0 Å². The van der Waals surface area contributed by atoms with Crippen LogP contribution in [-0.2, 0) is 10.0 Å². The molecular formula is C12H24N2O2S2. The molecule has 0 amide bonds. The molecule has 0 aromatic heterocycles. The second-order valence-electron chi connectivity index (χ2n) is 5.76. The highest BCUT2D eigenvalue weighted by molar-refractivity contribution is 7.92. The Balaban J connectivity index is 2.89. The van der Waals surface area contributed by atoms with Crippen LogP contribution in [0.5, 0.6) is 0 Å². The average Bonchev–Trinajstić information content (AvgIpc) is 2.39. The normalized spacial score (nSPS) is 23.3. The Morgan fingerprint density at radius 2 is 2.00 bits per heavy atom. The Hall–Kier alpha value is -0.200. The maximum atomic E-state index is 12.5. The molecule has 1 atom stereocenters. The molecule has 0 bridgehead atoms. The van der Waals surface area contributed by atoms with Crippen LogP contribution in [0.15, 0.2) is 0 Å². The summed E-state index contributed by atoms with van der Waals surface area (Å²) in [5, 5.41) is -0.714. The van der Waals surface area contributed by atoms with Crippen LogP contribution in [0.3, 0.4) is 0 Å². The first-order valence-electron chi connectivity index (χ1n) is 6.49. The SMILES string of the molecule is CCC(C(N)=S)S(=O)(=O)N1CCCC(C)(C)CC1. The molecule has 106 valence electrons. The van der Waals surface area contributed by atoms with E-state index in [-0.39, 0.29) is 10.4 Å². The van der Waals surface area contributed by atoms with Crippen molar-refractivity contribution in [2.75, 3.05) is 13.1 Å². The maximum absolute atomic E-state index is 12.5. The van der Waals surface area contributed by atoms with E-state index in [9.17, 15) is 8.42 Å². The number of nitrogens with zero attached hydrogens (tertiary/aromatic N) is 1. The Morgan fingerprint density at radius 3 is 2.50 bits per heavy atom. The highest BCUT2D eigenvalue weighted by atomic mass is 32.2. The monoisotopic (exact) mass is 292 g/mol. The molecule has 1 saturated heterocycles. The molecule has 4 nitrogen and oxygen atoms in total. The van der Waals surface area contributed by atoms with Crippen LogP contribution in [-0.4, -0.2) is 36.1 Å². The second kappa shape index (κ2) is 5.84. The molecule has 18 heavy (non-hydrogen) atoms. The lowest BCUT2D eigenvalue weighted by atomic mass is 9.85. The van der Waals surface area contributed by atoms with E-state index in [0.29, 0.717) is 19.5 Å². The Kier molecular flexibility index (Phi) is 5.14. The van der Waals surface area contributed by atoms with Crippen molar-refractivity contribution in [3.63, 3.8) is 0 Å². The van der Waals surface area contributed by atoms with Crippen molar-refractivity contribution in [1.82, 2.24) is 4.31 Å². The zero-order valence-electron chi connectivity index (χ0n) is 11.5. The van der Waals surface area contributed by atoms with Gasteiger partial charge in [0.25, 0.3) is 0 Å². The molecular weight excluding hydrogens is 268 g/mol. The first-order valence-corrected chi connectivity index (χ1v) is 8.40. The van der Waals surface area contributed by atoms with Crippen LogP contribution >= 0.6 is 12.2 Å². The number of hydrogen-bond acceptors (Lipinski definition) is 3. The topological polar surface area (TPSA) is 63.4 Å². The third-order valence-corrected chi connectivity index (χ3v) is 6.53. The van der Waals surface area contributed by atoms with E-state index in [4.69, 9.17) is 18.0 Å². The Morgan fingerprint density at radius 1 is 1.39 bits per heavy atom. The van der Waals surface area contributed by atoms with Gasteiger partial charge >= 0.3 is 0 Å². The summed E-state index contributed by atoms with van der Waals surface area (Å²) < 4.78 is 26.5. The second-order valence-corrected chi connectivity index (χ2v) is 8.35. The van der Waals surface area contributed by atoms with E-state index >= 15 is 0 Å². The Labute approximate surface area is 116 Å². The lowest BCUT2D eigenvalue weighted by molar-refractivity contribution is 0.314. The summed E-state index contributed by atoms with van der Waals surface area (Å²) in [6.45, 7) is 7.35. The van der Waals surface area contributed by atoms with Gasteiger partial charge in [0.1, 0.15) is 5.25 Å². The summed E-state index contributed by atoms with van der Waals surface area (Å²) in [6, 6.07) is 0. The van der Waals surface area contributed by atoms with Crippen molar-refractivity contribution in [2.45, 2.75) is 51.7 Å². The summed E-state index contributed by atoms with van der Waals surface area (Å²) >= 11 is 4.88. The van der Waals surface area contributed by atoms with Gasteiger partial charge in [0, 0.05) is 13.1 Å². The van der Waals surface area contributed by atoms with Crippen molar-refractivity contribution in [1.29, 1.82) is 0 Å². The van der Waals surface area contributed by atoms with Crippen LogP contribution in [0.1, 0.15) is 46.5 Å². The fourth-order valence-electron chi connectivity index (χ4n) is 2.39. The number of nitrogens with two attached hydrogens (primary N) is 1. The van der Waals surface area contributed by atoms with Gasteiger partial charge < -0.3 is 5.73 Å². The number of sulfonamides is 1. The van der Waals surface area contributed by atoms with Gasteiger partial charge in [-0.05, 0) is 31.1 Å². The summed E-state index contributed by atoms with van der Waals surface area (Å²) in [4.78, 5) is 0.0843. The minimum Gasteiger partial charge on any atom is -0.392 e. The quantitative estimate of drug-likeness (QED) is 0.804. The summed E-state index contributed by atoms with van der Waals surface area (Å²) in [5.74, 6) is 0. The first-order chi connectivity index (χ1) is 8.20. The predicted octanol–water partition coefficient (Wildman–Crippen LogP) is 1.89. The lowest BCUT2D eigenvalue weighted by Gasteiger charge is -2.26. The fourth-order valence-corrected chi connectivity index (χ4v) is 4.73. The van der Waals surface area contributed by atoms with Gasteiger partial charge in [0.05, 0.1) is 4.99 Å². The predicted molar refractivity (Wildman–Crippen MR) is 79.0 cm³/mol. The third-order valence-electron chi connectivity index (χ3n) is 3.71. The van der Waals surface area contributed by atoms with Gasteiger partial charge in [0.2, 0.25) is 10.0 Å². The first kappa shape index (κ1) is 15.9. The molecule has 1 fully saturated rings. The fraction of sp³-hybridized carbons (Fsp3) is 0.917. The molecule has 6 heteroatoms. The van der Waals surface area contributed by atoms with Crippen LogP contribution in [0.2, 0.25) is 0 Å². The molecule has 0 saturated carbocycles. The summed E-state index contributed by atoms with van der Waals surface area (Å²) in [5.41, 5.74) is 5.78. The highest BCUT2D eigenvalue weighted by Crippen LogP contribution is 2.31. The van der Waals surface area contributed by atoms with Crippen molar-refractivity contribution >= 4 is 27.2 Å². The minimum absolute atomic E-state index is 0.0843. The maximum Gasteiger partial charge on any atom is 0.223 e. The van der Waals surface area contributed by atoms with E-state index in [1.54, 1.807) is 4.31 Å². The van der Waals surface area contributed by atoms with Gasteiger partial charge in [-0.2, -0.15) is 0 Å². The smallest absolute Gasteiger partial charge is 0.223 e. The molecule has 1 heterocycles. The lowest BCUT2D eigenvalue weighted by Crippen LogP contribution is -2.44. The van der Waals surface area contributed by atoms with Crippen LogP contribution in [0.4, 0.5) is 0 Å². The third kappa shape index (κ3) is 3.65. The number of hydrogen-bond donors (Lipinski definition) is 1. The van der Waals surface area contributed by atoms with Gasteiger partial charge in [-0.1, -0.05) is 33.0 Å². The van der Waals surface area contributed by atoms with Crippen molar-refractivity contribution in [3.05, 3.63) is 0 Å². The molecule has 1 rings (SSSR count). The standard InChI is InChI=1S/C12H24N2O2S2/c1-4-10(11(13)17)18(15,16)14-8-5-6-12(2,3)7-9-14/h10H,4-9H2,1-3H3,(H2,13,17). The van der Waals surface area contributed by atoms with E-state index in [0.717, 1.165) is 19.3 Å². The van der Waals surface area contributed by atoms with Crippen molar-refractivity contribution in [3.8, 4) is 0 Å². The van der Waals surface area contributed by atoms with E-state index < -0.39 is 15.3 Å². The molecule has 1 aliphatic rings. The van der Waals surface area contributed by atoms with E-state index in [2.05, 4.69) is 13.8 Å². The largest absolute Gasteiger partial charge is 0.392 e. The minimum atomic E-state index is -3.38. The molecule has 1 aliphatic heterocycles. The van der Waals surface area contributed by atoms with Crippen molar-refractivity contribution < 1.29 is 8.42 Å². The van der Waals surface area contributed by atoms with Gasteiger partial charge in [-0.15, -0.1) is 0 Å². The molecule has 0 spiro atoms. The average molecular weight is 292 g/mol. The molecule has 2 N–H and O–H groups in total. The summed E-state index contributed by atoms with van der Waals surface area (Å²) in [6.07, 6.45) is 3.29. The summed E-state index contributed by atoms with van der Waals surface area (Å²) in [7, 11) is -3.38. The molecule has 1 unspecified atom stereocenters. The zero-order valence-corrected chi connectivity index (χ0v) is 13.1. The van der Waals surface area contributed by atoms with Crippen molar-refractivity contribution in [2.24, 2.45) is 11.1 Å². The number of thiocarbonyl (C=S) groups is 1. The van der Waals surface area contributed by atoms with Crippen LogP contribution in [0.25, 0.3) is 0 Å². The molecule has 0 aliphatic carbocycles. The number of rotatable bonds is 4. The van der Waals surface area contributed by atoms with Gasteiger partial charge in [-0.25, -0.2) is 12.7 Å². The van der Waals surface area contributed by atoms with E-state index in [1.165, 1.54) is 0 Å². The van der Waals surface area contributed by atoms with Crippen LogP contribution in [0, 0.1) is 5.41 Å². The molecule has 0 aromatic carbocycles. The van der Waals surface area contributed by atoms with Crippen LogP contribution < -0.4 is 5.73 Å². The molecule has 0 radical (unpaired) electrons. The molecule has 0 aromatic rings. The highest BCUT2D eigenvalue weighted by Gasteiger charge is 2.35. The zero-order chi connectivity index (χ0) is 14.0.